The lowest BCUT2D eigenvalue weighted by molar-refractivity contribution is 0.571. The van der Waals surface area contributed by atoms with E-state index in [1.807, 2.05) is 29.8 Å². The van der Waals surface area contributed by atoms with E-state index >= 15 is 0 Å². The van der Waals surface area contributed by atoms with Gasteiger partial charge in [-0.25, -0.2) is 9.36 Å². The molecule has 5 nitrogen and oxygen atoms in total. The summed E-state index contributed by atoms with van der Waals surface area (Å²) in [5, 5.41) is 13.7. The maximum atomic E-state index is 5.05. The zero-order chi connectivity index (χ0) is 22.5. The summed E-state index contributed by atoms with van der Waals surface area (Å²) in [5.41, 5.74) is 11.1. The first-order valence-electron chi connectivity index (χ1n) is 11.2. The molecule has 0 aliphatic carbocycles. The Morgan fingerprint density at radius 1 is 0.818 bits per heavy atom. The molecule has 0 spiro atoms. The Hall–Kier alpha value is -4.12. The molecule has 3 aromatic carbocycles. The molecule has 5 heteroatoms. The highest BCUT2D eigenvalue weighted by molar-refractivity contribution is 5.81. The van der Waals surface area contributed by atoms with E-state index in [9.17, 15) is 0 Å². The van der Waals surface area contributed by atoms with Crippen LogP contribution in [0.15, 0.2) is 85.1 Å². The largest absolute Gasteiger partial charge is 0.359 e. The minimum atomic E-state index is -0.170. The molecule has 1 aliphatic heterocycles. The molecule has 0 radical (unpaired) electrons. The second-order valence-electron chi connectivity index (χ2n) is 8.74. The molecule has 0 amide bonds. The number of fused-ring (bicyclic) bond motifs is 3. The molecule has 0 unspecified atom stereocenters. The molecule has 1 atom stereocenters. The lowest BCUT2D eigenvalue weighted by atomic mass is 9.99. The number of aromatic nitrogens is 4. The van der Waals surface area contributed by atoms with Gasteiger partial charge in [0, 0.05) is 28.6 Å². The number of aryl methyl sites for hydroxylation is 3. The summed E-state index contributed by atoms with van der Waals surface area (Å²) in [6.45, 7) is 6.30. The Labute approximate surface area is 193 Å². The SMILES string of the molecule is Cc1ccc(-c2nn(-c3ccccc3)cc2[C@H]2Nc3c(C)cccc3-c3cc(C)nn32)cc1. The van der Waals surface area contributed by atoms with Gasteiger partial charge in [-0.2, -0.15) is 10.2 Å². The van der Waals surface area contributed by atoms with E-state index in [4.69, 9.17) is 10.2 Å². The van der Waals surface area contributed by atoms with Crippen molar-refractivity contribution in [2.75, 3.05) is 5.32 Å². The second kappa shape index (κ2) is 7.48. The van der Waals surface area contributed by atoms with Gasteiger partial charge in [0.25, 0.3) is 0 Å². The van der Waals surface area contributed by atoms with Gasteiger partial charge < -0.3 is 5.32 Å². The van der Waals surface area contributed by atoms with Crippen molar-refractivity contribution >= 4 is 5.69 Å². The van der Waals surface area contributed by atoms with Gasteiger partial charge in [0.1, 0.15) is 0 Å². The predicted octanol–water partition coefficient (Wildman–Crippen LogP) is 6.30. The third-order valence-corrected chi connectivity index (χ3v) is 6.32. The molecule has 1 N–H and O–H groups in total. The molecular formula is C28H25N5. The van der Waals surface area contributed by atoms with E-state index in [0.29, 0.717) is 0 Å². The average Bonchev–Trinajstić information content (AvgIpc) is 3.44. The van der Waals surface area contributed by atoms with Gasteiger partial charge in [-0.15, -0.1) is 0 Å². The number of nitrogens with zero attached hydrogens (tertiary/aromatic N) is 4. The molecule has 6 rings (SSSR count). The van der Waals surface area contributed by atoms with Gasteiger partial charge in [-0.05, 0) is 44.5 Å². The van der Waals surface area contributed by atoms with E-state index in [-0.39, 0.29) is 6.17 Å². The average molecular weight is 432 g/mol. The van der Waals surface area contributed by atoms with Crippen molar-refractivity contribution < 1.29 is 0 Å². The van der Waals surface area contributed by atoms with Crippen LogP contribution >= 0.6 is 0 Å². The molecule has 3 heterocycles. The van der Waals surface area contributed by atoms with Crippen molar-refractivity contribution in [3.8, 4) is 28.2 Å². The summed E-state index contributed by atoms with van der Waals surface area (Å²) in [5.74, 6) is 0. The van der Waals surface area contributed by atoms with Crippen molar-refractivity contribution in [1.29, 1.82) is 0 Å². The fraction of sp³-hybridized carbons (Fsp3) is 0.143. The van der Waals surface area contributed by atoms with Crippen molar-refractivity contribution in [1.82, 2.24) is 19.6 Å². The van der Waals surface area contributed by atoms with E-state index in [2.05, 4.69) is 90.7 Å². The third-order valence-electron chi connectivity index (χ3n) is 6.32. The van der Waals surface area contributed by atoms with Gasteiger partial charge in [0.05, 0.1) is 22.8 Å². The maximum Gasteiger partial charge on any atom is 0.151 e. The van der Waals surface area contributed by atoms with Crippen LogP contribution in [-0.4, -0.2) is 19.6 Å². The summed E-state index contributed by atoms with van der Waals surface area (Å²) < 4.78 is 4.07. The fourth-order valence-corrected chi connectivity index (χ4v) is 4.63. The van der Waals surface area contributed by atoms with Gasteiger partial charge in [-0.3, -0.25) is 0 Å². The Balaban J connectivity index is 1.58. The van der Waals surface area contributed by atoms with Crippen molar-refractivity contribution in [2.24, 2.45) is 0 Å². The number of para-hydroxylation sites is 2. The molecule has 162 valence electrons. The van der Waals surface area contributed by atoms with Crippen LogP contribution in [0.25, 0.3) is 28.2 Å². The van der Waals surface area contributed by atoms with E-state index in [0.717, 1.165) is 39.6 Å². The first kappa shape index (κ1) is 19.6. The van der Waals surface area contributed by atoms with Crippen LogP contribution in [0.5, 0.6) is 0 Å². The van der Waals surface area contributed by atoms with Crippen molar-refractivity contribution in [2.45, 2.75) is 26.9 Å². The topological polar surface area (TPSA) is 47.7 Å². The number of hydrogen-bond acceptors (Lipinski definition) is 3. The minimum absolute atomic E-state index is 0.170. The molecular weight excluding hydrogens is 406 g/mol. The molecule has 0 fully saturated rings. The van der Waals surface area contributed by atoms with E-state index in [1.54, 1.807) is 0 Å². The number of hydrogen-bond donors (Lipinski definition) is 1. The van der Waals surface area contributed by atoms with Crippen LogP contribution in [0, 0.1) is 20.8 Å². The maximum absolute atomic E-state index is 5.05. The van der Waals surface area contributed by atoms with Crippen LogP contribution in [-0.2, 0) is 0 Å². The van der Waals surface area contributed by atoms with Crippen LogP contribution in [0.1, 0.15) is 28.6 Å². The number of anilines is 1. The van der Waals surface area contributed by atoms with Gasteiger partial charge in [0.15, 0.2) is 6.17 Å². The van der Waals surface area contributed by atoms with Crippen LogP contribution in [0.3, 0.4) is 0 Å². The van der Waals surface area contributed by atoms with Gasteiger partial charge in [-0.1, -0.05) is 66.2 Å². The predicted molar refractivity (Wildman–Crippen MR) is 133 cm³/mol. The zero-order valence-corrected chi connectivity index (χ0v) is 18.9. The summed E-state index contributed by atoms with van der Waals surface area (Å²) >= 11 is 0. The highest BCUT2D eigenvalue weighted by atomic mass is 15.4. The molecule has 0 bridgehead atoms. The van der Waals surface area contributed by atoms with E-state index < -0.39 is 0 Å². The third kappa shape index (κ3) is 3.24. The van der Waals surface area contributed by atoms with Crippen LogP contribution in [0.2, 0.25) is 0 Å². The van der Waals surface area contributed by atoms with Crippen LogP contribution in [0.4, 0.5) is 5.69 Å². The smallest absolute Gasteiger partial charge is 0.151 e. The molecule has 5 aromatic rings. The highest BCUT2D eigenvalue weighted by Crippen LogP contribution is 2.42. The first-order valence-corrected chi connectivity index (χ1v) is 11.2. The lowest BCUT2D eigenvalue weighted by Gasteiger charge is -2.30. The summed E-state index contributed by atoms with van der Waals surface area (Å²) in [7, 11) is 0. The molecule has 1 aliphatic rings. The Bertz CT molecular complexity index is 1460. The number of benzene rings is 3. The summed E-state index contributed by atoms with van der Waals surface area (Å²) in [6, 6.07) is 27.4. The van der Waals surface area contributed by atoms with Crippen molar-refractivity contribution in [3.05, 3.63) is 107 Å². The number of nitrogens with one attached hydrogen (secondary N) is 1. The van der Waals surface area contributed by atoms with Gasteiger partial charge >= 0.3 is 0 Å². The highest BCUT2D eigenvalue weighted by Gasteiger charge is 2.31. The van der Waals surface area contributed by atoms with Crippen molar-refractivity contribution in [3.63, 3.8) is 0 Å². The van der Waals surface area contributed by atoms with Crippen LogP contribution < -0.4 is 5.32 Å². The lowest BCUT2D eigenvalue weighted by Crippen LogP contribution is -2.26. The Kier molecular flexibility index (Phi) is 4.44. The first-order chi connectivity index (χ1) is 16.1. The Morgan fingerprint density at radius 2 is 1.61 bits per heavy atom. The minimum Gasteiger partial charge on any atom is -0.359 e. The normalized spacial score (nSPS) is 14.5. The second-order valence-corrected chi connectivity index (χ2v) is 8.74. The quantitative estimate of drug-likeness (QED) is 0.365. The van der Waals surface area contributed by atoms with E-state index in [1.165, 1.54) is 16.7 Å². The number of rotatable bonds is 3. The zero-order valence-electron chi connectivity index (χ0n) is 18.9. The van der Waals surface area contributed by atoms with Gasteiger partial charge in [0.2, 0.25) is 0 Å². The molecule has 0 saturated heterocycles. The Morgan fingerprint density at radius 3 is 2.39 bits per heavy atom. The fourth-order valence-electron chi connectivity index (χ4n) is 4.63. The monoisotopic (exact) mass is 431 g/mol. The molecule has 2 aromatic heterocycles. The molecule has 33 heavy (non-hydrogen) atoms. The standard InChI is InChI=1S/C28H25N5/c1-18-12-14-21(15-13-18)27-24(17-32(31-27)22-9-5-4-6-10-22)28-29-26-19(2)8-7-11-23(26)25-16-20(3)30-33(25)28/h4-17,28-29H,1-3H3/t28-/m0/s1. The summed E-state index contributed by atoms with van der Waals surface area (Å²) in [4.78, 5) is 0. The molecule has 0 saturated carbocycles. The summed E-state index contributed by atoms with van der Waals surface area (Å²) in [6.07, 6.45) is 1.96.